The number of nitrogens with zero attached hydrogens (tertiary/aromatic N) is 4. The monoisotopic (exact) mass is 295 g/mol. The van der Waals surface area contributed by atoms with E-state index in [1.54, 1.807) is 12.1 Å². The van der Waals surface area contributed by atoms with Crippen LogP contribution in [0.25, 0.3) is 0 Å². The molecule has 0 aromatic heterocycles. The minimum absolute atomic E-state index is 0.319. The van der Waals surface area contributed by atoms with Crippen molar-refractivity contribution in [2.75, 3.05) is 18.8 Å². The third-order valence-corrected chi connectivity index (χ3v) is 4.18. The van der Waals surface area contributed by atoms with E-state index >= 15 is 0 Å². The number of nitrogen functional groups attached to an aromatic ring is 1. The SMILES string of the molecule is N#CCN(CC#N)S(=O)(=O)c1ccc([N+](=O)[O-])cc1N. The first-order valence-electron chi connectivity index (χ1n) is 5.12. The van der Waals surface area contributed by atoms with Crippen molar-refractivity contribution in [3.05, 3.63) is 28.3 Å². The van der Waals surface area contributed by atoms with Gasteiger partial charge in [-0.05, 0) is 6.07 Å². The average Bonchev–Trinajstić information content (AvgIpc) is 2.37. The second-order valence-electron chi connectivity index (χ2n) is 3.57. The minimum atomic E-state index is -4.16. The van der Waals surface area contributed by atoms with E-state index < -0.39 is 28.0 Å². The summed E-state index contributed by atoms with van der Waals surface area (Å²) >= 11 is 0. The van der Waals surface area contributed by atoms with Gasteiger partial charge in [-0.3, -0.25) is 10.1 Å². The third kappa shape index (κ3) is 3.00. The van der Waals surface area contributed by atoms with Gasteiger partial charge in [0.15, 0.2) is 0 Å². The fourth-order valence-electron chi connectivity index (χ4n) is 1.41. The van der Waals surface area contributed by atoms with Crippen molar-refractivity contribution in [2.24, 2.45) is 0 Å². The largest absolute Gasteiger partial charge is 0.397 e. The molecule has 1 aromatic carbocycles. The highest BCUT2D eigenvalue weighted by atomic mass is 32.2. The molecular formula is C10H9N5O4S. The molecule has 0 aliphatic heterocycles. The quantitative estimate of drug-likeness (QED) is 0.352. The van der Waals surface area contributed by atoms with E-state index in [9.17, 15) is 18.5 Å². The van der Waals surface area contributed by atoms with E-state index in [0.29, 0.717) is 4.31 Å². The molecule has 0 bridgehead atoms. The summed E-state index contributed by atoms with van der Waals surface area (Å²) in [6, 6.07) is 6.12. The highest BCUT2D eigenvalue weighted by Gasteiger charge is 2.27. The first kappa shape index (κ1) is 15.4. The van der Waals surface area contributed by atoms with Crippen LogP contribution in [0.4, 0.5) is 11.4 Å². The Hall–Kier alpha value is -2.69. The van der Waals surface area contributed by atoms with Gasteiger partial charge in [0.25, 0.3) is 5.69 Å². The van der Waals surface area contributed by atoms with E-state index in [2.05, 4.69) is 0 Å². The lowest BCUT2D eigenvalue weighted by atomic mass is 10.3. The van der Waals surface area contributed by atoms with Gasteiger partial charge in [0.2, 0.25) is 10.0 Å². The van der Waals surface area contributed by atoms with Crippen LogP contribution in [-0.4, -0.2) is 30.7 Å². The number of sulfonamides is 1. The van der Waals surface area contributed by atoms with Gasteiger partial charge in [0.1, 0.15) is 18.0 Å². The predicted octanol–water partition coefficient (Wildman–Crippen LogP) is 0.215. The summed E-state index contributed by atoms with van der Waals surface area (Å²) in [4.78, 5) is 9.46. The molecular weight excluding hydrogens is 286 g/mol. The zero-order chi connectivity index (χ0) is 15.3. The van der Waals surface area contributed by atoms with Crippen molar-refractivity contribution in [2.45, 2.75) is 4.90 Å². The van der Waals surface area contributed by atoms with Gasteiger partial charge in [0.05, 0.1) is 22.7 Å². The summed E-state index contributed by atoms with van der Waals surface area (Å²) in [5.41, 5.74) is 4.83. The first-order chi connectivity index (χ1) is 9.34. The number of nitrogens with two attached hydrogens (primary N) is 1. The maximum atomic E-state index is 12.2. The highest BCUT2D eigenvalue weighted by Crippen LogP contribution is 2.26. The van der Waals surface area contributed by atoms with Crippen LogP contribution in [0.3, 0.4) is 0 Å². The Labute approximate surface area is 114 Å². The standard InChI is InChI=1S/C10H9N5O4S/c11-3-5-14(6-4-12)20(18,19)10-2-1-8(15(16)17)7-9(10)13/h1-2,7H,5-6,13H2. The Morgan fingerprint density at radius 2 is 1.85 bits per heavy atom. The van der Waals surface area contributed by atoms with Crippen molar-refractivity contribution >= 4 is 21.4 Å². The minimum Gasteiger partial charge on any atom is -0.397 e. The van der Waals surface area contributed by atoms with Gasteiger partial charge in [-0.2, -0.15) is 14.8 Å². The molecule has 0 heterocycles. The molecule has 0 amide bonds. The first-order valence-corrected chi connectivity index (χ1v) is 6.56. The average molecular weight is 295 g/mol. The Balaban J connectivity index is 3.32. The van der Waals surface area contributed by atoms with E-state index in [1.165, 1.54) is 0 Å². The molecule has 0 unspecified atom stereocenters. The van der Waals surface area contributed by atoms with Crippen molar-refractivity contribution in [1.29, 1.82) is 10.5 Å². The molecule has 0 aliphatic rings. The van der Waals surface area contributed by atoms with Crippen LogP contribution in [-0.2, 0) is 10.0 Å². The number of hydrogen-bond donors (Lipinski definition) is 1. The zero-order valence-electron chi connectivity index (χ0n) is 10.1. The van der Waals surface area contributed by atoms with Crippen LogP contribution in [0.15, 0.2) is 23.1 Å². The molecule has 2 N–H and O–H groups in total. The van der Waals surface area contributed by atoms with Gasteiger partial charge in [-0.1, -0.05) is 0 Å². The molecule has 0 radical (unpaired) electrons. The van der Waals surface area contributed by atoms with Crippen molar-refractivity contribution in [3.8, 4) is 12.1 Å². The van der Waals surface area contributed by atoms with E-state index in [4.69, 9.17) is 16.3 Å². The fraction of sp³-hybridized carbons (Fsp3) is 0.200. The van der Waals surface area contributed by atoms with Crippen LogP contribution >= 0.6 is 0 Å². The fourth-order valence-corrected chi connectivity index (χ4v) is 2.74. The summed E-state index contributed by atoms with van der Waals surface area (Å²) in [6.45, 7) is -1.04. The van der Waals surface area contributed by atoms with Crippen LogP contribution < -0.4 is 5.73 Å². The molecule has 0 saturated heterocycles. The molecule has 20 heavy (non-hydrogen) atoms. The second kappa shape index (κ2) is 5.97. The van der Waals surface area contributed by atoms with Gasteiger partial charge >= 0.3 is 0 Å². The number of nitro benzene ring substituents is 1. The lowest BCUT2D eigenvalue weighted by Gasteiger charge is -2.16. The summed E-state index contributed by atoms with van der Waals surface area (Å²) in [6.07, 6.45) is 0. The summed E-state index contributed by atoms with van der Waals surface area (Å²) < 4.78 is 25.0. The number of rotatable bonds is 5. The number of nitro groups is 1. The molecule has 0 aliphatic carbocycles. The van der Waals surface area contributed by atoms with Crippen LogP contribution in [0.5, 0.6) is 0 Å². The van der Waals surface area contributed by atoms with E-state index in [-0.39, 0.29) is 16.3 Å². The molecule has 1 aromatic rings. The molecule has 9 nitrogen and oxygen atoms in total. The number of non-ortho nitro benzene ring substituents is 1. The normalized spacial score (nSPS) is 10.8. The Bertz CT molecular complexity index is 700. The molecule has 10 heteroatoms. The predicted molar refractivity (Wildman–Crippen MR) is 67.5 cm³/mol. The maximum absolute atomic E-state index is 12.2. The molecule has 0 atom stereocenters. The highest BCUT2D eigenvalue weighted by molar-refractivity contribution is 7.89. The lowest BCUT2D eigenvalue weighted by molar-refractivity contribution is -0.384. The van der Waals surface area contributed by atoms with Crippen LogP contribution in [0.2, 0.25) is 0 Å². The zero-order valence-corrected chi connectivity index (χ0v) is 10.9. The molecule has 0 spiro atoms. The molecule has 0 saturated carbocycles. The smallest absolute Gasteiger partial charge is 0.271 e. The number of anilines is 1. The van der Waals surface area contributed by atoms with Crippen molar-refractivity contribution in [1.82, 2.24) is 4.31 Å². The van der Waals surface area contributed by atoms with E-state index in [0.717, 1.165) is 18.2 Å². The Morgan fingerprint density at radius 3 is 2.25 bits per heavy atom. The van der Waals surface area contributed by atoms with Gasteiger partial charge in [-0.15, -0.1) is 0 Å². The van der Waals surface area contributed by atoms with Gasteiger partial charge in [0, 0.05) is 12.1 Å². The summed E-state index contributed by atoms with van der Waals surface area (Å²) in [7, 11) is -4.16. The maximum Gasteiger partial charge on any atom is 0.271 e. The summed E-state index contributed by atoms with van der Waals surface area (Å²) in [5, 5.41) is 27.7. The molecule has 1 rings (SSSR count). The number of hydrogen-bond acceptors (Lipinski definition) is 7. The lowest BCUT2D eigenvalue weighted by Crippen LogP contribution is -2.32. The number of nitriles is 2. The molecule has 0 fully saturated rings. The van der Waals surface area contributed by atoms with Crippen LogP contribution in [0, 0.1) is 32.8 Å². The summed E-state index contributed by atoms with van der Waals surface area (Å²) in [5.74, 6) is 0. The van der Waals surface area contributed by atoms with Crippen LogP contribution in [0.1, 0.15) is 0 Å². The van der Waals surface area contributed by atoms with Crippen molar-refractivity contribution in [3.63, 3.8) is 0 Å². The Morgan fingerprint density at radius 1 is 1.30 bits per heavy atom. The van der Waals surface area contributed by atoms with Crippen molar-refractivity contribution < 1.29 is 13.3 Å². The Kier molecular flexibility index (Phi) is 4.59. The number of benzene rings is 1. The van der Waals surface area contributed by atoms with E-state index in [1.807, 2.05) is 0 Å². The van der Waals surface area contributed by atoms with Gasteiger partial charge < -0.3 is 5.73 Å². The second-order valence-corrected chi connectivity index (χ2v) is 5.47. The topological polar surface area (TPSA) is 154 Å². The molecule has 104 valence electrons. The van der Waals surface area contributed by atoms with Gasteiger partial charge in [-0.25, -0.2) is 8.42 Å². The third-order valence-electron chi connectivity index (χ3n) is 2.32.